The minimum Gasteiger partial charge on any atom is -0.493 e. The Bertz CT molecular complexity index is 1070. The van der Waals surface area contributed by atoms with Crippen molar-refractivity contribution in [3.63, 3.8) is 0 Å². The highest BCUT2D eigenvalue weighted by molar-refractivity contribution is 7.89. The minimum absolute atomic E-state index is 0.132. The molecule has 0 radical (unpaired) electrons. The van der Waals surface area contributed by atoms with Gasteiger partial charge in [0.25, 0.3) is 0 Å². The molecule has 1 N–H and O–H groups in total. The molecule has 8 nitrogen and oxygen atoms in total. The van der Waals surface area contributed by atoms with Gasteiger partial charge in [0.2, 0.25) is 15.9 Å². The average Bonchev–Trinajstić information content (AvgIpc) is 2.83. The third-order valence-corrected chi connectivity index (χ3v) is 7.82. The van der Waals surface area contributed by atoms with Crippen LogP contribution in [0.3, 0.4) is 0 Å². The van der Waals surface area contributed by atoms with Crippen LogP contribution in [0.1, 0.15) is 25.5 Å². The number of nitrogens with one attached hydrogen (secondary N) is 1. The molecule has 0 unspecified atom stereocenters. The van der Waals surface area contributed by atoms with E-state index >= 15 is 0 Å². The second kappa shape index (κ2) is 10.5. The van der Waals surface area contributed by atoms with Gasteiger partial charge in [0.1, 0.15) is 5.82 Å². The Morgan fingerprint density at radius 1 is 0.970 bits per heavy atom. The summed E-state index contributed by atoms with van der Waals surface area (Å²) in [7, 11) is -0.764. The van der Waals surface area contributed by atoms with Crippen LogP contribution in [0.25, 0.3) is 0 Å². The molecule has 1 heterocycles. The highest BCUT2D eigenvalue weighted by atomic mass is 32.2. The van der Waals surface area contributed by atoms with Crippen molar-refractivity contribution in [2.75, 3.05) is 40.4 Å². The van der Waals surface area contributed by atoms with E-state index in [9.17, 15) is 17.6 Å². The van der Waals surface area contributed by atoms with Gasteiger partial charge in [-0.05, 0) is 43.7 Å². The Morgan fingerprint density at radius 3 is 2.15 bits per heavy atom. The lowest BCUT2D eigenvalue weighted by molar-refractivity contribution is -0.127. The lowest BCUT2D eigenvalue weighted by Gasteiger charge is -2.37. The molecular weight excluding hydrogens is 449 g/mol. The molecule has 1 aliphatic rings. The van der Waals surface area contributed by atoms with Gasteiger partial charge in [-0.3, -0.25) is 9.69 Å². The zero-order valence-corrected chi connectivity index (χ0v) is 20.1. The van der Waals surface area contributed by atoms with Crippen LogP contribution in [0.2, 0.25) is 0 Å². The molecule has 3 rings (SSSR count). The summed E-state index contributed by atoms with van der Waals surface area (Å²) in [6.45, 7) is 5.01. The number of hydrogen-bond acceptors (Lipinski definition) is 6. The van der Waals surface area contributed by atoms with Gasteiger partial charge in [0.15, 0.2) is 11.5 Å². The van der Waals surface area contributed by atoms with Gasteiger partial charge < -0.3 is 14.8 Å². The summed E-state index contributed by atoms with van der Waals surface area (Å²) in [6, 6.07) is 9.82. The Morgan fingerprint density at radius 2 is 1.58 bits per heavy atom. The summed E-state index contributed by atoms with van der Waals surface area (Å²) in [4.78, 5) is 14.8. The molecule has 1 amide bonds. The first kappa shape index (κ1) is 24.9. The van der Waals surface area contributed by atoms with E-state index in [1.807, 2.05) is 11.8 Å². The van der Waals surface area contributed by atoms with Gasteiger partial charge in [-0.15, -0.1) is 0 Å². The van der Waals surface area contributed by atoms with Crippen molar-refractivity contribution in [3.8, 4) is 11.5 Å². The molecule has 1 saturated heterocycles. The number of carbonyl (C=O) groups is 1. The van der Waals surface area contributed by atoms with E-state index in [4.69, 9.17) is 9.47 Å². The number of sulfonamides is 1. The predicted octanol–water partition coefficient (Wildman–Crippen LogP) is 2.42. The maximum atomic E-state index is 13.1. The van der Waals surface area contributed by atoms with Crippen molar-refractivity contribution < 1.29 is 27.1 Å². The normalized spacial score (nSPS) is 17.2. The second-order valence-corrected chi connectivity index (χ2v) is 9.85. The van der Waals surface area contributed by atoms with E-state index in [1.165, 1.54) is 42.8 Å². The lowest BCUT2D eigenvalue weighted by Crippen LogP contribution is -2.55. The SMILES string of the molecule is COc1ccc(S(=O)(=O)N2CCN([C@@H](C)C(=O)N[C@@H](C)c3ccc(F)cc3)CC2)cc1OC. The van der Waals surface area contributed by atoms with Gasteiger partial charge in [0.05, 0.1) is 31.2 Å². The average molecular weight is 480 g/mol. The first-order valence-electron chi connectivity index (χ1n) is 10.7. The fraction of sp³-hybridized carbons (Fsp3) is 0.435. The molecule has 2 aromatic carbocycles. The largest absolute Gasteiger partial charge is 0.493 e. The summed E-state index contributed by atoms with van der Waals surface area (Å²) < 4.78 is 51.1. The topological polar surface area (TPSA) is 88.2 Å². The molecule has 10 heteroatoms. The Labute approximate surface area is 194 Å². The summed E-state index contributed by atoms with van der Waals surface area (Å²) in [5, 5.41) is 2.94. The number of nitrogens with zero attached hydrogens (tertiary/aromatic N) is 2. The van der Waals surface area contributed by atoms with Gasteiger partial charge >= 0.3 is 0 Å². The first-order valence-corrected chi connectivity index (χ1v) is 12.1. The van der Waals surface area contributed by atoms with Crippen molar-refractivity contribution >= 4 is 15.9 Å². The maximum Gasteiger partial charge on any atom is 0.243 e. The number of halogens is 1. The zero-order valence-electron chi connectivity index (χ0n) is 19.2. The summed E-state index contributed by atoms with van der Waals surface area (Å²) in [6.07, 6.45) is 0. The van der Waals surface area contributed by atoms with E-state index in [1.54, 1.807) is 25.1 Å². The summed E-state index contributed by atoms with van der Waals surface area (Å²) in [5.74, 6) is 0.309. The Balaban J connectivity index is 1.60. The number of amides is 1. The van der Waals surface area contributed by atoms with Crippen LogP contribution >= 0.6 is 0 Å². The van der Waals surface area contributed by atoms with E-state index in [0.29, 0.717) is 24.6 Å². The van der Waals surface area contributed by atoms with Gasteiger partial charge in [-0.25, -0.2) is 12.8 Å². The van der Waals surface area contributed by atoms with Gasteiger partial charge in [-0.1, -0.05) is 12.1 Å². The second-order valence-electron chi connectivity index (χ2n) is 7.91. The molecule has 0 bridgehead atoms. The van der Waals surface area contributed by atoms with E-state index in [2.05, 4.69) is 5.32 Å². The fourth-order valence-electron chi connectivity index (χ4n) is 3.79. The standard InChI is InChI=1S/C23H30FN3O5S/c1-16(18-5-7-19(24)8-6-18)25-23(28)17(2)26-11-13-27(14-12-26)33(29,30)20-9-10-21(31-3)22(15-20)32-4/h5-10,15-17H,11-14H2,1-4H3,(H,25,28)/t16-,17-/m0/s1. The van der Waals surface area contributed by atoms with Crippen LogP contribution in [0.15, 0.2) is 47.4 Å². The third kappa shape index (κ3) is 5.63. The first-order chi connectivity index (χ1) is 15.7. The molecule has 1 aliphatic heterocycles. The highest BCUT2D eigenvalue weighted by Gasteiger charge is 2.32. The smallest absolute Gasteiger partial charge is 0.243 e. The summed E-state index contributed by atoms with van der Waals surface area (Å²) >= 11 is 0. The molecule has 180 valence electrons. The van der Waals surface area contributed by atoms with Crippen molar-refractivity contribution in [1.29, 1.82) is 0 Å². The van der Waals surface area contributed by atoms with E-state index in [0.717, 1.165) is 5.56 Å². The quantitative estimate of drug-likeness (QED) is 0.626. The highest BCUT2D eigenvalue weighted by Crippen LogP contribution is 2.31. The van der Waals surface area contributed by atoms with Crippen LogP contribution in [0.5, 0.6) is 11.5 Å². The maximum absolute atomic E-state index is 13.1. The number of carbonyl (C=O) groups excluding carboxylic acids is 1. The van der Waals surface area contributed by atoms with Crippen molar-refractivity contribution in [3.05, 3.63) is 53.8 Å². The monoisotopic (exact) mass is 479 g/mol. The molecule has 2 aromatic rings. The van der Waals surface area contributed by atoms with Crippen LogP contribution < -0.4 is 14.8 Å². The number of ether oxygens (including phenoxy) is 2. The minimum atomic E-state index is -3.71. The van der Waals surface area contributed by atoms with Gasteiger partial charge in [-0.2, -0.15) is 4.31 Å². The number of hydrogen-bond donors (Lipinski definition) is 1. The van der Waals surface area contributed by atoms with Crippen molar-refractivity contribution in [1.82, 2.24) is 14.5 Å². The van der Waals surface area contributed by atoms with E-state index < -0.39 is 16.1 Å². The lowest BCUT2D eigenvalue weighted by atomic mass is 10.1. The number of methoxy groups -OCH3 is 2. The Kier molecular flexibility index (Phi) is 7.93. The molecule has 0 saturated carbocycles. The molecule has 33 heavy (non-hydrogen) atoms. The predicted molar refractivity (Wildman–Crippen MR) is 122 cm³/mol. The van der Waals surface area contributed by atoms with Crippen molar-refractivity contribution in [2.24, 2.45) is 0 Å². The summed E-state index contributed by atoms with van der Waals surface area (Å²) in [5.41, 5.74) is 0.808. The molecule has 0 aliphatic carbocycles. The third-order valence-electron chi connectivity index (χ3n) is 5.92. The molecule has 1 fully saturated rings. The number of rotatable bonds is 8. The van der Waals surface area contributed by atoms with Crippen LogP contribution in [0, 0.1) is 5.82 Å². The van der Waals surface area contributed by atoms with Crippen LogP contribution in [-0.4, -0.2) is 70.0 Å². The van der Waals surface area contributed by atoms with Crippen LogP contribution in [-0.2, 0) is 14.8 Å². The fourth-order valence-corrected chi connectivity index (χ4v) is 5.23. The number of benzene rings is 2. The molecule has 0 spiro atoms. The van der Waals surface area contributed by atoms with Crippen LogP contribution in [0.4, 0.5) is 4.39 Å². The molecule has 2 atom stereocenters. The van der Waals surface area contributed by atoms with Crippen molar-refractivity contribution in [2.45, 2.75) is 30.8 Å². The van der Waals surface area contributed by atoms with E-state index in [-0.39, 0.29) is 35.8 Å². The molecule has 0 aromatic heterocycles. The zero-order chi connectivity index (χ0) is 24.2. The van der Waals surface area contributed by atoms with Gasteiger partial charge in [0, 0.05) is 32.2 Å². The molecular formula is C23H30FN3O5S. The number of piperazine rings is 1. The Hall–Kier alpha value is -2.69.